The second kappa shape index (κ2) is 6.29. The van der Waals surface area contributed by atoms with Crippen LogP contribution >= 0.6 is 15.9 Å². The van der Waals surface area contributed by atoms with Crippen molar-refractivity contribution in [1.29, 1.82) is 0 Å². The lowest BCUT2D eigenvalue weighted by Gasteiger charge is -2.40. The second-order valence-electron chi connectivity index (χ2n) is 6.96. The summed E-state index contributed by atoms with van der Waals surface area (Å²) in [6.45, 7) is 6.31. The van der Waals surface area contributed by atoms with Gasteiger partial charge in [0.05, 0.1) is 11.9 Å². The van der Waals surface area contributed by atoms with E-state index in [1.807, 2.05) is 30.9 Å². The molecule has 4 nitrogen and oxygen atoms in total. The summed E-state index contributed by atoms with van der Waals surface area (Å²) < 4.78 is 9.19. The van der Waals surface area contributed by atoms with Crippen molar-refractivity contribution in [2.45, 2.75) is 26.3 Å². The van der Waals surface area contributed by atoms with E-state index in [0.29, 0.717) is 6.04 Å². The van der Waals surface area contributed by atoms with Crippen LogP contribution in [0, 0.1) is 5.92 Å². The molecule has 1 aliphatic carbocycles. The monoisotopic (exact) mass is 402 g/mol. The highest BCUT2D eigenvalue weighted by molar-refractivity contribution is 9.10. The standard InChI is InChI=1S/C20H24BrN3O/c1-4-24(5-2)20(25)12-9-14-13-7-6-8-16-18(13)15(19(21)22-16)10-17(14)23(3)11-12/h6-9,12,17,22H,4-5,10-11H2,1-3H3/t12-,17-/m1/s1/i8D. The number of amides is 1. The Morgan fingerprint density at radius 3 is 2.96 bits per heavy atom. The summed E-state index contributed by atoms with van der Waals surface area (Å²) in [5.74, 6) is 0.100. The van der Waals surface area contributed by atoms with Crippen LogP contribution in [-0.2, 0) is 11.2 Å². The number of carbonyl (C=O) groups is 1. The normalized spacial score (nSPS) is 23.2. The van der Waals surface area contributed by atoms with Crippen molar-refractivity contribution in [1.82, 2.24) is 14.8 Å². The lowest BCUT2D eigenvalue weighted by molar-refractivity contribution is -0.134. The van der Waals surface area contributed by atoms with E-state index in [-0.39, 0.29) is 17.9 Å². The molecule has 0 bridgehead atoms. The van der Waals surface area contributed by atoms with E-state index in [1.54, 1.807) is 0 Å². The van der Waals surface area contributed by atoms with Crippen molar-refractivity contribution in [3.05, 3.63) is 40.0 Å². The Labute approximate surface area is 158 Å². The minimum Gasteiger partial charge on any atom is -0.349 e. The minimum absolute atomic E-state index is 0.110. The molecule has 0 saturated carbocycles. The Balaban J connectivity index is 1.85. The first-order chi connectivity index (χ1) is 12.5. The number of rotatable bonds is 3. The minimum atomic E-state index is -0.110. The molecule has 1 N–H and O–H groups in total. The molecule has 2 aromatic rings. The molecule has 1 aromatic carbocycles. The van der Waals surface area contributed by atoms with Gasteiger partial charge in [0.25, 0.3) is 0 Å². The van der Waals surface area contributed by atoms with E-state index in [9.17, 15) is 4.79 Å². The van der Waals surface area contributed by atoms with Crippen molar-refractivity contribution in [3.63, 3.8) is 0 Å². The summed E-state index contributed by atoms with van der Waals surface area (Å²) in [6, 6.07) is 4.68. The van der Waals surface area contributed by atoms with Crippen LogP contribution in [0.1, 0.15) is 26.3 Å². The first-order valence-electron chi connectivity index (χ1n) is 9.47. The highest BCUT2D eigenvalue weighted by Gasteiger charge is 2.37. The molecule has 0 fully saturated rings. The van der Waals surface area contributed by atoms with Crippen LogP contribution in [0.5, 0.6) is 0 Å². The molecule has 0 radical (unpaired) electrons. The van der Waals surface area contributed by atoms with E-state index >= 15 is 0 Å². The van der Waals surface area contributed by atoms with Gasteiger partial charge in [-0.25, -0.2) is 0 Å². The van der Waals surface area contributed by atoms with Crippen LogP contribution in [0.2, 0.25) is 0 Å². The number of aromatic nitrogens is 1. The molecule has 2 heterocycles. The Morgan fingerprint density at radius 2 is 2.24 bits per heavy atom. The van der Waals surface area contributed by atoms with Gasteiger partial charge in [-0.3, -0.25) is 9.69 Å². The third-order valence-electron chi connectivity index (χ3n) is 5.66. The van der Waals surface area contributed by atoms with Crippen molar-refractivity contribution >= 4 is 38.3 Å². The number of halogens is 1. The summed E-state index contributed by atoms with van der Waals surface area (Å²) in [7, 11) is 2.11. The zero-order chi connectivity index (χ0) is 18.6. The fourth-order valence-electron chi connectivity index (χ4n) is 4.34. The van der Waals surface area contributed by atoms with Gasteiger partial charge in [-0.2, -0.15) is 0 Å². The molecule has 0 unspecified atom stereocenters. The number of carbonyl (C=O) groups excluding carboxylic acids is 1. The lowest BCUT2D eigenvalue weighted by atomic mass is 9.79. The molecular weight excluding hydrogens is 378 g/mol. The number of nitrogens with one attached hydrogen (secondary N) is 1. The van der Waals surface area contributed by atoms with Crippen LogP contribution in [-0.4, -0.2) is 53.4 Å². The molecule has 1 aromatic heterocycles. The number of nitrogens with zero attached hydrogens (tertiary/aromatic N) is 2. The maximum Gasteiger partial charge on any atom is 0.230 e. The molecule has 4 rings (SSSR count). The van der Waals surface area contributed by atoms with Gasteiger partial charge in [-0.1, -0.05) is 18.2 Å². The molecule has 132 valence electrons. The number of hydrogen-bond acceptors (Lipinski definition) is 2. The number of H-pyrrole nitrogens is 1. The molecule has 2 atom stereocenters. The summed E-state index contributed by atoms with van der Waals surface area (Å²) in [4.78, 5) is 20.5. The van der Waals surface area contributed by atoms with Crippen LogP contribution in [0.25, 0.3) is 16.5 Å². The Kier molecular flexibility index (Phi) is 3.94. The van der Waals surface area contributed by atoms with Gasteiger partial charge in [-0.05, 0) is 66.0 Å². The summed E-state index contributed by atoms with van der Waals surface area (Å²) >= 11 is 3.64. The van der Waals surface area contributed by atoms with Crippen molar-refractivity contribution in [2.75, 3.05) is 26.7 Å². The van der Waals surface area contributed by atoms with Crippen LogP contribution in [0.15, 0.2) is 28.9 Å². The van der Waals surface area contributed by atoms with E-state index in [4.69, 9.17) is 1.37 Å². The number of benzene rings is 1. The highest BCUT2D eigenvalue weighted by Crippen LogP contribution is 2.43. The Bertz CT molecular complexity index is 915. The molecule has 0 spiro atoms. The fourth-order valence-corrected chi connectivity index (χ4v) is 4.90. The van der Waals surface area contributed by atoms with Crippen LogP contribution < -0.4 is 0 Å². The molecule has 0 saturated heterocycles. The van der Waals surface area contributed by atoms with E-state index in [0.717, 1.165) is 47.1 Å². The Hall–Kier alpha value is -1.59. The second-order valence-corrected chi connectivity index (χ2v) is 7.75. The van der Waals surface area contributed by atoms with Gasteiger partial charge >= 0.3 is 0 Å². The molecular formula is C20H24BrN3O. The van der Waals surface area contributed by atoms with Gasteiger partial charge in [0.15, 0.2) is 0 Å². The van der Waals surface area contributed by atoms with E-state index < -0.39 is 0 Å². The molecule has 5 heteroatoms. The van der Waals surface area contributed by atoms with Gasteiger partial charge < -0.3 is 9.88 Å². The largest absolute Gasteiger partial charge is 0.349 e. The predicted octanol–water partition coefficient (Wildman–Crippen LogP) is 3.67. The average molecular weight is 403 g/mol. The molecule has 2 aliphatic rings. The van der Waals surface area contributed by atoms with Crippen LogP contribution in [0.4, 0.5) is 0 Å². The summed E-state index contributed by atoms with van der Waals surface area (Å²) in [5, 5.41) is 1.14. The quantitative estimate of drug-likeness (QED) is 0.850. The maximum absolute atomic E-state index is 12.9. The number of likely N-dealkylation sites (N-methyl/N-ethyl adjacent to an activating group) is 1. The Morgan fingerprint density at radius 1 is 1.48 bits per heavy atom. The summed E-state index contributed by atoms with van der Waals surface area (Å²) in [5.41, 5.74) is 4.51. The lowest BCUT2D eigenvalue weighted by Crippen LogP contribution is -2.47. The van der Waals surface area contributed by atoms with Gasteiger partial charge in [0, 0.05) is 36.6 Å². The zero-order valence-electron chi connectivity index (χ0n) is 15.9. The van der Waals surface area contributed by atoms with E-state index in [2.05, 4.69) is 38.9 Å². The van der Waals surface area contributed by atoms with Gasteiger partial charge in [0.2, 0.25) is 5.91 Å². The third kappa shape index (κ3) is 2.56. The first-order valence-corrected chi connectivity index (χ1v) is 9.76. The average Bonchev–Trinajstić information content (AvgIpc) is 2.97. The van der Waals surface area contributed by atoms with Gasteiger partial charge in [-0.15, -0.1) is 0 Å². The smallest absolute Gasteiger partial charge is 0.230 e. The van der Waals surface area contributed by atoms with Gasteiger partial charge in [0.1, 0.15) is 0 Å². The number of aromatic amines is 1. The zero-order valence-corrected chi connectivity index (χ0v) is 16.5. The number of hydrogen-bond donors (Lipinski definition) is 1. The SMILES string of the molecule is [2H]c1ccc2c3c(c(Br)[nH]c13)C[C@@H]1C2=C[C@@H](C(=O)N(CC)CC)CN1C. The van der Waals surface area contributed by atoms with Crippen LogP contribution in [0.3, 0.4) is 0 Å². The van der Waals surface area contributed by atoms with E-state index in [1.165, 1.54) is 11.1 Å². The third-order valence-corrected chi connectivity index (χ3v) is 6.33. The number of fused-ring (bicyclic) bond motifs is 2. The highest BCUT2D eigenvalue weighted by atomic mass is 79.9. The topological polar surface area (TPSA) is 39.3 Å². The maximum atomic E-state index is 12.9. The molecule has 25 heavy (non-hydrogen) atoms. The predicted molar refractivity (Wildman–Crippen MR) is 106 cm³/mol. The molecule has 1 amide bonds. The molecule has 1 aliphatic heterocycles. The first kappa shape index (κ1) is 15.6. The van der Waals surface area contributed by atoms with Crippen molar-refractivity contribution in [2.24, 2.45) is 5.92 Å². The fraction of sp³-hybridized carbons (Fsp3) is 0.450. The van der Waals surface area contributed by atoms with Crippen molar-refractivity contribution < 1.29 is 6.17 Å². The summed E-state index contributed by atoms with van der Waals surface area (Å²) in [6.07, 6.45) is 3.08. The van der Waals surface area contributed by atoms with Crippen molar-refractivity contribution in [3.8, 4) is 0 Å².